The fourth-order valence-electron chi connectivity index (χ4n) is 2.39. The van der Waals surface area contributed by atoms with E-state index in [0.717, 1.165) is 11.1 Å². The normalized spacial score (nSPS) is 18.1. The van der Waals surface area contributed by atoms with Gasteiger partial charge in [0.25, 0.3) is 0 Å². The number of pyridine rings is 1. The number of rotatable bonds is 2. The van der Waals surface area contributed by atoms with Crippen molar-refractivity contribution in [2.75, 3.05) is 6.61 Å². The van der Waals surface area contributed by atoms with Crippen LogP contribution in [0.2, 0.25) is 0 Å². The van der Waals surface area contributed by atoms with Gasteiger partial charge in [-0.05, 0) is 25.0 Å². The Kier molecular flexibility index (Phi) is 2.40. The Labute approximate surface area is 103 Å². The minimum atomic E-state index is -0.729. The van der Waals surface area contributed by atoms with Gasteiger partial charge in [0.1, 0.15) is 5.92 Å². The molecule has 92 valence electrons. The number of hydrogen-bond donors (Lipinski definition) is 0. The zero-order valence-corrected chi connectivity index (χ0v) is 9.92. The van der Waals surface area contributed by atoms with Gasteiger partial charge < -0.3 is 4.74 Å². The van der Waals surface area contributed by atoms with Gasteiger partial charge in [-0.15, -0.1) is 0 Å². The van der Waals surface area contributed by atoms with Crippen molar-refractivity contribution in [2.24, 2.45) is 5.92 Å². The first-order valence-corrected chi connectivity index (χ1v) is 5.88. The summed E-state index contributed by atoms with van der Waals surface area (Å²) in [4.78, 5) is 24.0. The van der Waals surface area contributed by atoms with E-state index in [1.165, 1.54) is 6.20 Å². The average Bonchev–Trinajstić information content (AvgIpc) is 2.79. The zero-order chi connectivity index (χ0) is 12.7. The summed E-state index contributed by atoms with van der Waals surface area (Å²) in [6.45, 7) is 2.02. The van der Waals surface area contributed by atoms with E-state index < -0.39 is 11.9 Å². The number of carbonyl (C=O) groups is 2. The Bertz CT molecular complexity index is 645. The molecule has 0 N–H and O–H groups in total. The molecule has 2 aromatic rings. The highest BCUT2D eigenvalue weighted by Gasteiger charge is 2.35. The molecule has 0 fully saturated rings. The van der Waals surface area contributed by atoms with Crippen molar-refractivity contribution in [1.82, 2.24) is 9.61 Å². The summed E-state index contributed by atoms with van der Waals surface area (Å²) in [6, 6.07) is 3.77. The predicted octanol–water partition coefficient (Wildman–Crippen LogP) is 1.25. The van der Waals surface area contributed by atoms with Crippen LogP contribution in [0.5, 0.6) is 0 Å². The maximum absolute atomic E-state index is 12.2. The lowest BCUT2D eigenvalue weighted by Crippen LogP contribution is -2.31. The maximum Gasteiger partial charge on any atom is 0.317 e. The van der Waals surface area contributed by atoms with E-state index in [0.29, 0.717) is 12.0 Å². The summed E-state index contributed by atoms with van der Waals surface area (Å²) in [5, 5.41) is 4.12. The summed E-state index contributed by atoms with van der Waals surface area (Å²) >= 11 is 0. The first-order chi connectivity index (χ1) is 8.72. The van der Waals surface area contributed by atoms with Crippen molar-refractivity contribution in [3.05, 3.63) is 35.7 Å². The standard InChI is InChI=1S/C13H12N2O3/c1-2-18-13(17)9-6-8-4-3-5-15-11(8)10(7-14-15)12(9)16/h3-5,7,9H,2,6H2,1H3/t9-/m0/s1. The Morgan fingerprint density at radius 3 is 3.22 bits per heavy atom. The van der Waals surface area contributed by atoms with Crippen LogP contribution in [0.3, 0.4) is 0 Å². The third kappa shape index (κ3) is 1.44. The molecule has 1 atom stereocenters. The van der Waals surface area contributed by atoms with Gasteiger partial charge in [-0.25, -0.2) is 4.52 Å². The van der Waals surface area contributed by atoms with E-state index in [9.17, 15) is 9.59 Å². The second-order valence-corrected chi connectivity index (χ2v) is 4.26. The van der Waals surface area contributed by atoms with Crippen LogP contribution >= 0.6 is 0 Å². The number of nitrogens with zero attached hydrogens (tertiary/aromatic N) is 2. The third-order valence-corrected chi connectivity index (χ3v) is 3.20. The lowest BCUT2D eigenvalue weighted by Gasteiger charge is -2.19. The monoisotopic (exact) mass is 244 g/mol. The van der Waals surface area contributed by atoms with Crippen LogP contribution < -0.4 is 0 Å². The van der Waals surface area contributed by atoms with E-state index in [1.807, 2.05) is 12.1 Å². The van der Waals surface area contributed by atoms with Gasteiger partial charge >= 0.3 is 5.97 Å². The molecule has 0 bridgehead atoms. The Balaban J connectivity index is 2.09. The molecule has 0 unspecified atom stereocenters. The first kappa shape index (κ1) is 11.0. The molecule has 5 heteroatoms. The van der Waals surface area contributed by atoms with Crippen molar-refractivity contribution in [3.8, 4) is 0 Å². The van der Waals surface area contributed by atoms with Gasteiger partial charge in [0.2, 0.25) is 0 Å². The van der Waals surface area contributed by atoms with Crippen LogP contribution in [-0.4, -0.2) is 28.0 Å². The zero-order valence-electron chi connectivity index (χ0n) is 9.92. The molecule has 0 saturated heterocycles. The molecule has 0 saturated carbocycles. The van der Waals surface area contributed by atoms with Gasteiger partial charge in [0.05, 0.1) is 23.9 Å². The minimum Gasteiger partial charge on any atom is -0.465 e. The van der Waals surface area contributed by atoms with Crippen LogP contribution in [0, 0.1) is 5.92 Å². The van der Waals surface area contributed by atoms with Crippen molar-refractivity contribution in [1.29, 1.82) is 0 Å². The molecule has 5 nitrogen and oxygen atoms in total. The van der Waals surface area contributed by atoms with Crippen molar-refractivity contribution in [3.63, 3.8) is 0 Å². The van der Waals surface area contributed by atoms with Crippen LogP contribution in [-0.2, 0) is 16.0 Å². The van der Waals surface area contributed by atoms with E-state index >= 15 is 0 Å². The van der Waals surface area contributed by atoms with Crippen LogP contribution in [0.15, 0.2) is 24.5 Å². The number of carbonyl (C=O) groups excluding carboxylic acids is 2. The van der Waals surface area contributed by atoms with Gasteiger partial charge in [-0.3, -0.25) is 9.59 Å². The quantitative estimate of drug-likeness (QED) is 0.589. The van der Waals surface area contributed by atoms with E-state index in [4.69, 9.17) is 4.74 Å². The second kappa shape index (κ2) is 3.94. The molecule has 0 spiro atoms. The van der Waals surface area contributed by atoms with E-state index in [-0.39, 0.29) is 12.4 Å². The number of ether oxygens (including phenoxy) is 1. The summed E-state index contributed by atoms with van der Waals surface area (Å²) < 4.78 is 6.62. The number of ketones is 1. The minimum absolute atomic E-state index is 0.192. The molecule has 1 aliphatic carbocycles. The molecule has 0 aromatic carbocycles. The molecule has 2 aromatic heterocycles. The molecule has 3 rings (SSSR count). The SMILES string of the molecule is CCOC(=O)[C@H]1Cc2cccn3ncc(c23)C1=O. The summed E-state index contributed by atoms with van der Waals surface area (Å²) in [5.41, 5.74) is 2.28. The van der Waals surface area contributed by atoms with Gasteiger partial charge in [0.15, 0.2) is 5.78 Å². The van der Waals surface area contributed by atoms with Crippen molar-refractivity contribution < 1.29 is 14.3 Å². The maximum atomic E-state index is 12.2. The summed E-state index contributed by atoms with van der Waals surface area (Å²) in [6.07, 6.45) is 3.70. The van der Waals surface area contributed by atoms with Gasteiger partial charge in [-0.2, -0.15) is 5.10 Å². The lowest BCUT2D eigenvalue weighted by atomic mass is 9.86. The van der Waals surface area contributed by atoms with Crippen molar-refractivity contribution >= 4 is 17.3 Å². The highest BCUT2D eigenvalue weighted by molar-refractivity contribution is 6.14. The number of esters is 1. The molecule has 0 amide bonds. The van der Waals surface area contributed by atoms with Gasteiger partial charge in [-0.1, -0.05) is 6.07 Å². The number of Topliss-reactive ketones (excluding diaryl/α,β-unsaturated/α-hetero) is 1. The second-order valence-electron chi connectivity index (χ2n) is 4.26. The number of aromatic nitrogens is 2. The Morgan fingerprint density at radius 2 is 2.44 bits per heavy atom. The highest BCUT2D eigenvalue weighted by Crippen LogP contribution is 2.28. The van der Waals surface area contributed by atoms with Crippen LogP contribution in [0.1, 0.15) is 22.8 Å². The largest absolute Gasteiger partial charge is 0.465 e. The highest BCUT2D eigenvalue weighted by atomic mass is 16.5. The Hall–Kier alpha value is -2.17. The summed E-state index contributed by atoms with van der Waals surface area (Å²) in [7, 11) is 0. The molecular formula is C13H12N2O3. The molecule has 1 aliphatic rings. The molecule has 0 radical (unpaired) electrons. The fourth-order valence-corrected chi connectivity index (χ4v) is 2.39. The van der Waals surface area contributed by atoms with Crippen LogP contribution in [0.4, 0.5) is 0 Å². The molecular weight excluding hydrogens is 232 g/mol. The predicted molar refractivity (Wildman–Crippen MR) is 63.3 cm³/mol. The Morgan fingerprint density at radius 1 is 1.61 bits per heavy atom. The van der Waals surface area contributed by atoms with Crippen molar-refractivity contribution in [2.45, 2.75) is 13.3 Å². The smallest absolute Gasteiger partial charge is 0.317 e. The summed E-state index contributed by atoms with van der Waals surface area (Å²) in [5.74, 6) is -1.37. The topological polar surface area (TPSA) is 60.7 Å². The van der Waals surface area contributed by atoms with Gasteiger partial charge in [0, 0.05) is 6.20 Å². The lowest BCUT2D eigenvalue weighted by molar-refractivity contribution is -0.146. The third-order valence-electron chi connectivity index (χ3n) is 3.20. The molecule has 2 heterocycles. The average molecular weight is 244 g/mol. The first-order valence-electron chi connectivity index (χ1n) is 5.88. The fraction of sp³-hybridized carbons (Fsp3) is 0.308. The molecule has 18 heavy (non-hydrogen) atoms. The van der Waals surface area contributed by atoms with E-state index in [1.54, 1.807) is 17.6 Å². The van der Waals surface area contributed by atoms with Crippen LogP contribution in [0.25, 0.3) is 5.52 Å². The molecule has 0 aliphatic heterocycles. The number of hydrogen-bond acceptors (Lipinski definition) is 4. The van der Waals surface area contributed by atoms with E-state index in [2.05, 4.69) is 5.10 Å².